The molecule has 1 heterocycles. The predicted octanol–water partition coefficient (Wildman–Crippen LogP) is 4.40. The Bertz CT molecular complexity index is 993. The molecule has 0 atom stereocenters. The van der Waals surface area contributed by atoms with E-state index in [-0.39, 0.29) is 11.7 Å². The number of amides is 1. The van der Waals surface area contributed by atoms with Gasteiger partial charge in [-0.25, -0.2) is 4.98 Å². The topological polar surface area (TPSA) is 56.6 Å². The number of methoxy groups -OCH3 is 2. The first-order valence-corrected chi connectivity index (χ1v) is 10.7. The van der Waals surface area contributed by atoms with Gasteiger partial charge in [-0.3, -0.25) is 9.36 Å². The molecule has 1 aromatic heterocycles. The highest BCUT2D eigenvalue weighted by Gasteiger charge is 2.15. The molecule has 0 saturated carbocycles. The first-order valence-electron chi connectivity index (χ1n) is 8.88. The lowest BCUT2D eigenvalue weighted by Gasteiger charge is -2.19. The average molecular weight is 476 g/mol. The number of hydrogen-bond donors (Lipinski definition) is 0. The third-order valence-corrected chi connectivity index (χ3v) is 5.78. The molecule has 8 heteroatoms. The fourth-order valence-electron chi connectivity index (χ4n) is 2.80. The summed E-state index contributed by atoms with van der Waals surface area (Å²) >= 11 is 4.87. The second-order valence-electron chi connectivity index (χ2n) is 6.28. The van der Waals surface area contributed by atoms with Gasteiger partial charge < -0.3 is 14.4 Å². The average Bonchev–Trinajstić information content (AvgIpc) is 3.21. The number of thioether (sulfide) groups is 1. The number of hydrogen-bond acceptors (Lipinski definition) is 5. The number of aromatic nitrogens is 2. The van der Waals surface area contributed by atoms with Crippen LogP contribution in [-0.2, 0) is 11.3 Å². The summed E-state index contributed by atoms with van der Waals surface area (Å²) in [6.45, 7) is 0.465. The Morgan fingerprint density at radius 1 is 1.21 bits per heavy atom. The van der Waals surface area contributed by atoms with Crippen LogP contribution in [-0.4, -0.2) is 47.4 Å². The zero-order valence-electron chi connectivity index (χ0n) is 16.5. The summed E-state index contributed by atoms with van der Waals surface area (Å²) in [6.07, 6.45) is 3.60. The van der Waals surface area contributed by atoms with E-state index < -0.39 is 0 Å². The number of imidazole rings is 1. The maximum atomic E-state index is 12.7. The largest absolute Gasteiger partial charge is 0.497 e. The molecule has 3 aromatic rings. The van der Waals surface area contributed by atoms with Crippen molar-refractivity contribution in [3.05, 3.63) is 64.9 Å². The van der Waals surface area contributed by atoms with Crippen molar-refractivity contribution in [1.29, 1.82) is 0 Å². The molecular weight excluding hydrogens is 454 g/mol. The molecule has 0 saturated heterocycles. The zero-order chi connectivity index (χ0) is 20.8. The van der Waals surface area contributed by atoms with Crippen LogP contribution in [0.25, 0.3) is 5.69 Å². The van der Waals surface area contributed by atoms with Crippen LogP contribution in [0.2, 0.25) is 0 Å². The zero-order valence-corrected chi connectivity index (χ0v) is 18.9. The van der Waals surface area contributed by atoms with E-state index in [0.717, 1.165) is 32.4 Å². The molecule has 6 nitrogen and oxygen atoms in total. The molecule has 0 aliphatic rings. The molecule has 2 aromatic carbocycles. The summed E-state index contributed by atoms with van der Waals surface area (Å²) in [5.41, 5.74) is 1.88. The molecule has 0 radical (unpaired) electrons. The highest BCUT2D eigenvalue weighted by Crippen LogP contribution is 2.26. The van der Waals surface area contributed by atoms with Crippen LogP contribution in [0.15, 0.2) is 64.5 Å². The Balaban J connectivity index is 1.66. The van der Waals surface area contributed by atoms with Crippen molar-refractivity contribution in [2.24, 2.45) is 0 Å². The normalized spacial score (nSPS) is 10.6. The Hall–Kier alpha value is -2.45. The van der Waals surface area contributed by atoms with Gasteiger partial charge in [-0.05, 0) is 30.3 Å². The van der Waals surface area contributed by atoms with Gasteiger partial charge in [0.05, 0.1) is 25.7 Å². The molecule has 0 aliphatic heterocycles. The monoisotopic (exact) mass is 475 g/mol. The molecule has 1 amide bonds. The van der Waals surface area contributed by atoms with Crippen molar-refractivity contribution < 1.29 is 14.3 Å². The highest BCUT2D eigenvalue weighted by molar-refractivity contribution is 9.10. The van der Waals surface area contributed by atoms with Gasteiger partial charge in [-0.1, -0.05) is 33.8 Å². The molecule has 0 unspecified atom stereocenters. The number of nitrogens with zero attached hydrogens (tertiary/aromatic N) is 3. The lowest BCUT2D eigenvalue weighted by Crippen LogP contribution is -2.28. The molecule has 0 bridgehead atoms. The predicted molar refractivity (Wildman–Crippen MR) is 118 cm³/mol. The van der Waals surface area contributed by atoms with Crippen molar-refractivity contribution in [3.63, 3.8) is 0 Å². The summed E-state index contributed by atoms with van der Waals surface area (Å²) in [7, 11) is 5.05. The third-order valence-electron chi connectivity index (χ3n) is 4.34. The Labute approximate surface area is 183 Å². The summed E-state index contributed by atoms with van der Waals surface area (Å²) in [5.74, 6) is 1.82. The van der Waals surface area contributed by atoms with Crippen LogP contribution in [0.3, 0.4) is 0 Å². The second kappa shape index (κ2) is 9.84. The van der Waals surface area contributed by atoms with E-state index in [2.05, 4.69) is 20.9 Å². The van der Waals surface area contributed by atoms with E-state index in [9.17, 15) is 4.79 Å². The van der Waals surface area contributed by atoms with Crippen LogP contribution in [0.5, 0.6) is 11.5 Å². The highest BCUT2D eigenvalue weighted by atomic mass is 79.9. The third kappa shape index (κ3) is 5.33. The van der Waals surface area contributed by atoms with Gasteiger partial charge in [0.15, 0.2) is 5.16 Å². The van der Waals surface area contributed by atoms with Gasteiger partial charge in [-0.15, -0.1) is 0 Å². The van der Waals surface area contributed by atoms with Crippen molar-refractivity contribution in [2.45, 2.75) is 11.7 Å². The first kappa shape index (κ1) is 21.3. The SMILES string of the molecule is COc1cccc(-n2ccnc2SCC(=O)N(C)Cc2cc(Br)ccc2OC)c1. The molecule has 3 rings (SSSR count). The molecule has 29 heavy (non-hydrogen) atoms. The van der Waals surface area contributed by atoms with Crippen molar-refractivity contribution in [1.82, 2.24) is 14.5 Å². The van der Waals surface area contributed by atoms with Crippen molar-refractivity contribution in [2.75, 3.05) is 27.0 Å². The van der Waals surface area contributed by atoms with Crippen LogP contribution >= 0.6 is 27.7 Å². The van der Waals surface area contributed by atoms with Crippen molar-refractivity contribution in [3.8, 4) is 17.2 Å². The van der Waals surface area contributed by atoms with E-state index in [1.165, 1.54) is 11.8 Å². The number of ether oxygens (including phenoxy) is 2. The maximum absolute atomic E-state index is 12.7. The van der Waals surface area contributed by atoms with Gasteiger partial charge >= 0.3 is 0 Å². The minimum Gasteiger partial charge on any atom is -0.497 e. The van der Waals surface area contributed by atoms with Gasteiger partial charge in [0.25, 0.3) is 0 Å². The summed E-state index contributed by atoms with van der Waals surface area (Å²) < 4.78 is 13.6. The quantitative estimate of drug-likeness (QED) is 0.451. The lowest BCUT2D eigenvalue weighted by molar-refractivity contribution is -0.127. The van der Waals surface area contributed by atoms with Gasteiger partial charge in [0.2, 0.25) is 5.91 Å². The molecule has 0 fully saturated rings. The molecular formula is C21H22BrN3O3S. The molecule has 0 aliphatic carbocycles. The lowest BCUT2D eigenvalue weighted by atomic mass is 10.2. The summed E-state index contributed by atoms with van der Waals surface area (Å²) in [6, 6.07) is 13.5. The minimum atomic E-state index is 0.0113. The molecule has 0 spiro atoms. The second-order valence-corrected chi connectivity index (χ2v) is 8.13. The number of halogens is 1. The van der Waals surface area contributed by atoms with Crippen LogP contribution in [0, 0.1) is 0 Å². The Morgan fingerprint density at radius 2 is 2.03 bits per heavy atom. The van der Waals surface area contributed by atoms with E-state index in [0.29, 0.717) is 6.54 Å². The Morgan fingerprint density at radius 3 is 2.79 bits per heavy atom. The minimum absolute atomic E-state index is 0.0113. The summed E-state index contributed by atoms with van der Waals surface area (Å²) in [4.78, 5) is 18.8. The number of carbonyl (C=O) groups is 1. The van der Waals surface area contributed by atoms with Crippen LogP contribution in [0.1, 0.15) is 5.56 Å². The van der Waals surface area contributed by atoms with E-state index in [4.69, 9.17) is 9.47 Å². The van der Waals surface area contributed by atoms with Crippen LogP contribution < -0.4 is 9.47 Å². The van der Waals surface area contributed by atoms with Gasteiger partial charge in [0.1, 0.15) is 11.5 Å². The number of benzene rings is 2. The number of carbonyl (C=O) groups excluding carboxylic acids is 1. The standard InChI is InChI=1S/C21H22BrN3O3S/c1-24(13-15-11-16(22)7-8-19(15)28-3)20(26)14-29-21-23-9-10-25(21)17-5-4-6-18(12-17)27-2/h4-12H,13-14H2,1-3H3. The molecule has 0 N–H and O–H groups in total. The van der Waals surface area contributed by atoms with E-state index in [1.807, 2.05) is 53.2 Å². The van der Waals surface area contributed by atoms with Gasteiger partial charge in [0, 0.05) is 42.1 Å². The fourth-order valence-corrected chi connectivity index (χ4v) is 4.13. The Kier molecular flexibility index (Phi) is 7.22. The van der Waals surface area contributed by atoms with E-state index in [1.54, 1.807) is 32.4 Å². The number of rotatable bonds is 8. The smallest absolute Gasteiger partial charge is 0.233 e. The molecule has 152 valence electrons. The maximum Gasteiger partial charge on any atom is 0.233 e. The van der Waals surface area contributed by atoms with Crippen molar-refractivity contribution >= 4 is 33.6 Å². The fraction of sp³-hybridized carbons (Fsp3) is 0.238. The van der Waals surface area contributed by atoms with Crippen LogP contribution in [0.4, 0.5) is 0 Å². The first-order chi connectivity index (χ1) is 14.0. The summed E-state index contributed by atoms with van der Waals surface area (Å²) in [5, 5.41) is 0.750. The van der Waals surface area contributed by atoms with Gasteiger partial charge in [-0.2, -0.15) is 0 Å². The van der Waals surface area contributed by atoms with E-state index >= 15 is 0 Å².